The van der Waals surface area contributed by atoms with Crippen molar-refractivity contribution in [3.8, 4) is 0 Å². The van der Waals surface area contributed by atoms with Crippen LogP contribution in [0.4, 0.5) is 5.69 Å². The number of piperazine rings is 1. The summed E-state index contributed by atoms with van der Waals surface area (Å²) in [4.78, 5) is 16.9. The smallest absolute Gasteiger partial charge is 0.238 e. The van der Waals surface area contributed by atoms with Gasteiger partial charge in [-0.05, 0) is 44.0 Å². The Bertz CT molecular complexity index is 479. The summed E-state index contributed by atoms with van der Waals surface area (Å²) in [6.45, 7) is 12.1. The van der Waals surface area contributed by atoms with Crippen molar-refractivity contribution in [3.05, 3.63) is 29.3 Å². The van der Waals surface area contributed by atoms with Gasteiger partial charge in [-0.25, -0.2) is 0 Å². The first kappa shape index (κ1) is 16.0. The van der Waals surface area contributed by atoms with Crippen molar-refractivity contribution in [3.63, 3.8) is 0 Å². The Morgan fingerprint density at radius 2 is 1.81 bits per heavy atom. The van der Waals surface area contributed by atoms with Gasteiger partial charge in [-0.2, -0.15) is 0 Å². The fourth-order valence-electron chi connectivity index (χ4n) is 2.75. The molecular weight excluding hydrogens is 262 g/mol. The molecule has 0 unspecified atom stereocenters. The van der Waals surface area contributed by atoms with Crippen LogP contribution in [0.1, 0.15) is 24.5 Å². The molecule has 0 atom stereocenters. The Hall–Kier alpha value is -1.39. The minimum atomic E-state index is 0.0904. The van der Waals surface area contributed by atoms with Gasteiger partial charge in [-0.1, -0.05) is 19.1 Å². The number of carbonyl (C=O) groups is 1. The van der Waals surface area contributed by atoms with Gasteiger partial charge in [0.15, 0.2) is 0 Å². The first-order valence-corrected chi connectivity index (χ1v) is 7.90. The van der Waals surface area contributed by atoms with Gasteiger partial charge >= 0.3 is 0 Å². The van der Waals surface area contributed by atoms with Crippen LogP contribution in [-0.4, -0.2) is 55.0 Å². The maximum Gasteiger partial charge on any atom is 0.238 e. The van der Waals surface area contributed by atoms with Crippen molar-refractivity contribution in [2.24, 2.45) is 0 Å². The molecule has 1 saturated heterocycles. The summed E-state index contributed by atoms with van der Waals surface area (Å²) in [5.41, 5.74) is 3.22. The molecule has 1 aromatic rings. The van der Waals surface area contributed by atoms with Crippen LogP contribution >= 0.6 is 0 Å². The van der Waals surface area contributed by atoms with E-state index in [1.807, 2.05) is 19.9 Å². The van der Waals surface area contributed by atoms with Gasteiger partial charge in [0.1, 0.15) is 0 Å². The average Bonchev–Trinajstić information content (AvgIpc) is 2.45. The molecule has 1 N–H and O–H groups in total. The van der Waals surface area contributed by atoms with Gasteiger partial charge < -0.3 is 10.2 Å². The quantitative estimate of drug-likeness (QED) is 0.903. The summed E-state index contributed by atoms with van der Waals surface area (Å²) in [7, 11) is 0. The second-order valence-corrected chi connectivity index (χ2v) is 5.98. The predicted molar refractivity (Wildman–Crippen MR) is 87.7 cm³/mol. The number of carbonyl (C=O) groups excluding carboxylic acids is 1. The van der Waals surface area contributed by atoms with E-state index in [0.29, 0.717) is 6.54 Å². The highest BCUT2D eigenvalue weighted by atomic mass is 16.2. The highest BCUT2D eigenvalue weighted by molar-refractivity contribution is 5.93. The number of nitrogens with zero attached hydrogens (tertiary/aromatic N) is 2. The summed E-state index contributed by atoms with van der Waals surface area (Å²) < 4.78 is 0. The van der Waals surface area contributed by atoms with E-state index in [9.17, 15) is 4.79 Å². The number of rotatable bonds is 5. The van der Waals surface area contributed by atoms with E-state index in [1.54, 1.807) is 0 Å². The lowest BCUT2D eigenvalue weighted by Crippen LogP contribution is -2.48. The second-order valence-electron chi connectivity index (χ2n) is 5.98. The Balaban J connectivity index is 1.81. The van der Waals surface area contributed by atoms with Gasteiger partial charge in [0, 0.05) is 31.9 Å². The molecule has 1 aromatic carbocycles. The van der Waals surface area contributed by atoms with Gasteiger partial charge in [0.2, 0.25) is 5.91 Å². The summed E-state index contributed by atoms with van der Waals surface area (Å²) in [6, 6.07) is 6.15. The molecule has 1 amide bonds. The Labute approximate surface area is 128 Å². The molecule has 1 aliphatic heterocycles. The number of hydrogen-bond acceptors (Lipinski definition) is 3. The van der Waals surface area contributed by atoms with Crippen molar-refractivity contribution < 1.29 is 4.79 Å². The maximum absolute atomic E-state index is 12.2. The van der Waals surface area contributed by atoms with Gasteiger partial charge in [-0.15, -0.1) is 0 Å². The molecule has 0 radical (unpaired) electrons. The third-order valence-electron chi connectivity index (χ3n) is 4.04. The Kier molecular flexibility index (Phi) is 5.76. The molecule has 0 aliphatic carbocycles. The molecule has 2 rings (SSSR count). The zero-order valence-electron chi connectivity index (χ0n) is 13.5. The van der Waals surface area contributed by atoms with Gasteiger partial charge in [-0.3, -0.25) is 9.69 Å². The van der Waals surface area contributed by atoms with Crippen LogP contribution in [-0.2, 0) is 4.79 Å². The molecule has 4 heteroatoms. The van der Waals surface area contributed by atoms with E-state index in [2.05, 4.69) is 34.2 Å². The molecule has 1 aliphatic rings. The van der Waals surface area contributed by atoms with Gasteiger partial charge in [0.05, 0.1) is 6.54 Å². The maximum atomic E-state index is 12.2. The molecule has 0 spiro atoms. The van der Waals surface area contributed by atoms with E-state index >= 15 is 0 Å². The lowest BCUT2D eigenvalue weighted by Gasteiger charge is -2.34. The average molecular weight is 289 g/mol. The topological polar surface area (TPSA) is 35.6 Å². The highest BCUT2D eigenvalue weighted by Crippen LogP contribution is 2.16. The first-order valence-electron chi connectivity index (χ1n) is 7.90. The lowest BCUT2D eigenvalue weighted by atomic mass is 10.1. The lowest BCUT2D eigenvalue weighted by molar-refractivity contribution is -0.117. The number of anilines is 1. The van der Waals surface area contributed by atoms with Crippen LogP contribution in [0.3, 0.4) is 0 Å². The summed E-state index contributed by atoms with van der Waals surface area (Å²) in [5, 5.41) is 3.04. The van der Waals surface area contributed by atoms with Crippen LogP contribution in [0.2, 0.25) is 0 Å². The summed E-state index contributed by atoms with van der Waals surface area (Å²) >= 11 is 0. The number of benzene rings is 1. The minimum absolute atomic E-state index is 0.0904. The van der Waals surface area contributed by atoms with Crippen LogP contribution in [0, 0.1) is 13.8 Å². The van der Waals surface area contributed by atoms with Crippen molar-refractivity contribution >= 4 is 11.6 Å². The predicted octanol–water partition coefficient (Wildman–Crippen LogP) is 2.27. The standard InChI is InChI=1S/C17H27N3O/c1-4-7-19-8-10-20(11-9-19)13-17(21)18-16-12-14(2)5-6-15(16)3/h5-6,12H,4,7-11,13H2,1-3H3,(H,18,21). The molecule has 4 nitrogen and oxygen atoms in total. The second kappa shape index (κ2) is 7.57. The number of aryl methyl sites for hydroxylation is 2. The number of nitrogens with one attached hydrogen (secondary N) is 1. The number of amides is 1. The van der Waals surface area contributed by atoms with Crippen LogP contribution < -0.4 is 5.32 Å². The van der Waals surface area contributed by atoms with E-state index < -0.39 is 0 Å². The third kappa shape index (κ3) is 4.83. The molecule has 21 heavy (non-hydrogen) atoms. The fraction of sp³-hybridized carbons (Fsp3) is 0.588. The van der Waals surface area contributed by atoms with Crippen molar-refractivity contribution in [1.82, 2.24) is 9.80 Å². The van der Waals surface area contributed by atoms with Crippen LogP contribution in [0.25, 0.3) is 0 Å². The monoisotopic (exact) mass is 289 g/mol. The molecule has 0 saturated carbocycles. The van der Waals surface area contributed by atoms with Crippen molar-refractivity contribution in [1.29, 1.82) is 0 Å². The van der Waals surface area contributed by atoms with E-state index in [0.717, 1.165) is 37.4 Å². The van der Waals surface area contributed by atoms with E-state index in [-0.39, 0.29) is 5.91 Å². The normalized spacial score (nSPS) is 16.9. The molecular formula is C17H27N3O. The zero-order valence-corrected chi connectivity index (χ0v) is 13.5. The van der Waals surface area contributed by atoms with Gasteiger partial charge in [0.25, 0.3) is 0 Å². The fourth-order valence-corrected chi connectivity index (χ4v) is 2.75. The molecule has 0 bridgehead atoms. The zero-order chi connectivity index (χ0) is 15.2. The molecule has 1 heterocycles. The SMILES string of the molecule is CCCN1CCN(CC(=O)Nc2cc(C)ccc2C)CC1. The first-order chi connectivity index (χ1) is 10.1. The third-order valence-corrected chi connectivity index (χ3v) is 4.04. The van der Waals surface area contributed by atoms with Crippen molar-refractivity contribution in [2.45, 2.75) is 27.2 Å². The van der Waals surface area contributed by atoms with E-state index in [4.69, 9.17) is 0 Å². The number of hydrogen-bond donors (Lipinski definition) is 1. The summed E-state index contributed by atoms with van der Waals surface area (Å²) in [5.74, 6) is 0.0904. The Morgan fingerprint density at radius 3 is 2.48 bits per heavy atom. The van der Waals surface area contributed by atoms with E-state index in [1.165, 1.54) is 18.5 Å². The Morgan fingerprint density at radius 1 is 1.14 bits per heavy atom. The van der Waals surface area contributed by atoms with Crippen LogP contribution in [0.5, 0.6) is 0 Å². The largest absolute Gasteiger partial charge is 0.325 e. The minimum Gasteiger partial charge on any atom is -0.325 e. The molecule has 1 fully saturated rings. The molecule has 0 aromatic heterocycles. The molecule has 116 valence electrons. The summed E-state index contributed by atoms with van der Waals surface area (Å²) in [6.07, 6.45) is 1.20. The highest BCUT2D eigenvalue weighted by Gasteiger charge is 2.18. The van der Waals surface area contributed by atoms with Crippen LogP contribution in [0.15, 0.2) is 18.2 Å². The van der Waals surface area contributed by atoms with Crippen molar-refractivity contribution in [2.75, 3.05) is 44.6 Å².